The fourth-order valence-electron chi connectivity index (χ4n) is 2.15. The number of nitrogens with one attached hydrogen (secondary N) is 3. The van der Waals surface area contributed by atoms with Crippen LogP contribution in [0, 0.1) is 0 Å². The van der Waals surface area contributed by atoms with Gasteiger partial charge in [0.1, 0.15) is 23.8 Å². The van der Waals surface area contributed by atoms with E-state index in [1.54, 1.807) is 6.92 Å². The number of aryl methyl sites for hydroxylation is 2. The first-order valence-electron chi connectivity index (χ1n) is 7.70. The molecule has 0 unspecified atom stereocenters. The lowest BCUT2D eigenvalue weighted by Gasteiger charge is -2.12. The van der Waals surface area contributed by atoms with Crippen LogP contribution >= 0.6 is 0 Å². The van der Waals surface area contributed by atoms with Crippen molar-refractivity contribution < 1.29 is 14.4 Å². The number of rotatable bonds is 8. The maximum Gasteiger partial charge on any atom is 0.269 e. The fraction of sp³-hybridized carbons (Fsp3) is 0.294. The Kier molecular flexibility index (Phi) is 6.24. The predicted molar refractivity (Wildman–Crippen MR) is 88.4 cm³/mol. The summed E-state index contributed by atoms with van der Waals surface area (Å²) in [5.41, 5.74) is 1.49. The van der Waals surface area contributed by atoms with Crippen molar-refractivity contribution >= 4 is 18.1 Å². The van der Waals surface area contributed by atoms with Crippen LogP contribution in [-0.4, -0.2) is 40.7 Å². The molecule has 0 spiro atoms. The molecule has 7 heteroatoms. The second-order valence-corrected chi connectivity index (χ2v) is 5.34. The Balaban J connectivity index is 1.86. The minimum Gasteiger partial charge on any atom is -0.348 e. The molecular formula is C17H20N4O3. The van der Waals surface area contributed by atoms with Crippen molar-refractivity contribution in [3.05, 3.63) is 53.6 Å². The minimum absolute atomic E-state index is 0.0767. The lowest BCUT2D eigenvalue weighted by molar-refractivity contribution is -0.123. The van der Waals surface area contributed by atoms with E-state index in [-0.39, 0.29) is 6.54 Å². The van der Waals surface area contributed by atoms with Gasteiger partial charge in [-0.05, 0) is 18.9 Å². The highest BCUT2D eigenvalue weighted by Crippen LogP contribution is 2.05. The van der Waals surface area contributed by atoms with Crippen molar-refractivity contribution in [1.29, 1.82) is 0 Å². The molecule has 0 saturated carbocycles. The van der Waals surface area contributed by atoms with E-state index in [4.69, 9.17) is 0 Å². The van der Waals surface area contributed by atoms with Crippen LogP contribution in [-0.2, 0) is 22.4 Å². The molecule has 0 fully saturated rings. The summed E-state index contributed by atoms with van der Waals surface area (Å²) in [6.07, 6.45) is 3.54. The third-order valence-electron chi connectivity index (χ3n) is 3.47. The van der Waals surface area contributed by atoms with E-state index in [1.807, 2.05) is 30.3 Å². The summed E-state index contributed by atoms with van der Waals surface area (Å²) in [5.74, 6) is -0.122. The van der Waals surface area contributed by atoms with E-state index in [0.717, 1.165) is 6.42 Å². The molecule has 0 aliphatic heterocycles. The molecule has 0 radical (unpaired) electrons. The SMILES string of the molecule is C[C@H](NC(=O)c1cnc(CCc2ccccc2)[nH]1)C(=O)NCC=O. The summed E-state index contributed by atoms with van der Waals surface area (Å²) in [6, 6.07) is 9.26. The summed E-state index contributed by atoms with van der Waals surface area (Å²) in [5, 5.41) is 4.94. The highest BCUT2D eigenvalue weighted by molar-refractivity contribution is 5.96. The van der Waals surface area contributed by atoms with E-state index >= 15 is 0 Å². The molecule has 24 heavy (non-hydrogen) atoms. The van der Waals surface area contributed by atoms with Crippen LogP contribution in [0.25, 0.3) is 0 Å². The van der Waals surface area contributed by atoms with Gasteiger partial charge in [0.05, 0.1) is 12.7 Å². The monoisotopic (exact) mass is 328 g/mol. The number of carbonyl (C=O) groups is 3. The molecule has 126 valence electrons. The maximum absolute atomic E-state index is 12.1. The second kappa shape index (κ2) is 8.61. The van der Waals surface area contributed by atoms with Crippen molar-refractivity contribution in [2.75, 3.05) is 6.54 Å². The topological polar surface area (TPSA) is 104 Å². The maximum atomic E-state index is 12.1. The van der Waals surface area contributed by atoms with Gasteiger partial charge in [-0.25, -0.2) is 4.98 Å². The van der Waals surface area contributed by atoms with Crippen molar-refractivity contribution in [1.82, 2.24) is 20.6 Å². The Labute approximate surface area is 139 Å². The van der Waals surface area contributed by atoms with E-state index in [1.165, 1.54) is 11.8 Å². The zero-order chi connectivity index (χ0) is 17.4. The number of benzene rings is 1. The van der Waals surface area contributed by atoms with Gasteiger partial charge in [0, 0.05) is 6.42 Å². The van der Waals surface area contributed by atoms with Gasteiger partial charge in [-0.1, -0.05) is 30.3 Å². The highest BCUT2D eigenvalue weighted by Gasteiger charge is 2.17. The molecule has 7 nitrogen and oxygen atoms in total. The van der Waals surface area contributed by atoms with E-state index in [0.29, 0.717) is 24.2 Å². The molecule has 0 aliphatic carbocycles. The number of aldehydes is 1. The number of nitrogens with zero attached hydrogens (tertiary/aromatic N) is 1. The number of hydrogen-bond donors (Lipinski definition) is 3. The van der Waals surface area contributed by atoms with Gasteiger partial charge in [-0.15, -0.1) is 0 Å². The van der Waals surface area contributed by atoms with Gasteiger partial charge in [0.15, 0.2) is 0 Å². The molecule has 0 aliphatic rings. The summed E-state index contributed by atoms with van der Waals surface area (Å²) >= 11 is 0. The smallest absolute Gasteiger partial charge is 0.269 e. The van der Waals surface area contributed by atoms with Gasteiger partial charge < -0.3 is 20.4 Å². The first-order valence-corrected chi connectivity index (χ1v) is 7.70. The zero-order valence-corrected chi connectivity index (χ0v) is 13.4. The van der Waals surface area contributed by atoms with Crippen LogP contribution in [0.4, 0.5) is 0 Å². The first-order chi connectivity index (χ1) is 11.6. The molecule has 2 aromatic rings. The molecular weight excluding hydrogens is 308 g/mol. The fourth-order valence-corrected chi connectivity index (χ4v) is 2.15. The molecule has 1 heterocycles. The number of amides is 2. The molecule has 2 amide bonds. The lowest BCUT2D eigenvalue weighted by Crippen LogP contribution is -2.45. The van der Waals surface area contributed by atoms with E-state index in [2.05, 4.69) is 20.6 Å². The highest BCUT2D eigenvalue weighted by atomic mass is 16.2. The molecule has 1 atom stereocenters. The third kappa shape index (κ3) is 5.05. The van der Waals surface area contributed by atoms with Gasteiger partial charge in [-0.2, -0.15) is 0 Å². The Hall–Kier alpha value is -2.96. The third-order valence-corrected chi connectivity index (χ3v) is 3.47. The largest absolute Gasteiger partial charge is 0.348 e. The Morgan fingerprint density at radius 3 is 2.71 bits per heavy atom. The Bertz CT molecular complexity index is 697. The number of aromatic amines is 1. The molecule has 1 aromatic heterocycles. The Morgan fingerprint density at radius 1 is 1.25 bits per heavy atom. The van der Waals surface area contributed by atoms with Crippen LogP contribution in [0.15, 0.2) is 36.5 Å². The summed E-state index contributed by atoms with van der Waals surface area (Å²) in [4.78, 5) is 41.1. The zero-order valence-electron chi connectivity index (χ0n) is 13.4. The van der Waals surface area contributed by atoms with Crippen LogP contribution in [0.2, 0.25) is 0 Å². The van der Waals surface area contributed by atoms with Gasteiger partial charge >= 0.3 is 0 Å². The van der Waals surface area contributed by atoms with Crippen molar-refractivity contribution in [2.45, 2.75) is 25.8 Å². The number of aromatic nitrogens is 2. The van der Waals surface area contributed by atoms with E-state index in [9.17, 15) is 14.4 Å². The summed E-state index contributed by atoms with van der Waals surface area (Å²) < 4.78 is 0. The second-order valence-electron chi connectivity index (χ2n) is 5.34. The number of hydrogen-bond acceptors (Lipinski definition) is 4. The average Bonchev–Trinajstić information content (AvgIpc) is 3.07. The average molecular weight is 328 g/mol. The first kappa shape index (κ1) is 17.4. The van der Waals surface area contributed by atoms with E-state index < -0.39 is 17.9 Å². The molecule has 3 N–H and O–H groups in total. The van der Waals surface area contributed by atoms with Crippen molar-refractivity contribution in [2.24, 2.45) is 0 Å². The molecule has 0 saturated heterocycles. The summed E-state index contributed by atoms with van der Waals surface area (Å²) in [6.45, 7) is 1.47. The Morgan fingerprint density at radius 2 is 2.00 bits per heavy atom. The number of carbonyl (C=O) groups excluding carboxylic acids is 3. The predicted octanol–water partition coefficient (Wildman–Crippen LogP) is 0.628. The normalized spacial score (nSPS) is 11.5. The van der Waals surface area contributed by atoms with Gasteiger partial charge in [0.2, 0.25) is 5.91 Å². The molecule has 2 rings (SSSR count). The molecule has 0 bridgehead atoms. The van der Waals surface area contributed by atoms with Crippen LogP contribution in [0.1, 0.15) is 28.8 Å². The van der Waals surface area contributed by atoms with Crippen LogP contribution < -0.4 is 10.6 Å². The van der Waals surface area contributed by atoms with Crippen LogP contribution in [0.5, 0.6) is 0 Å². The summed E-state index contributed by atoms with van der Waals surface area (Å²) in [7, 11) is 0. The standard InChI is InChI=1S/C17H20N4O3/c1-12(16(23)18-9-10-22)20-17(24)14-11-19-15(21-14)8-7-13-5-3-2-4-6-13/h2-6,10-12H,7-9H2,1H3,(H,18,23)(H,19,21)(H,20,24)/t12-/m0/s1. The minimum atomic E-state index is -0.742. The van der Waals surface area contributed by atoms with Crippen LogP contribution in [0.3, 0.4) is 0 Å². The number of H-pyrrole nitrogens is 1. The van der Waals surface area contributed by atoms with Crippen molar-refractivity contribution in [3.63, 3.8) is 0 Å². The van der Waals surface area contributed by atoms with Gasteiger partial charge in [0.25, 0.3) is 5.91 Å². The molecule has 1 aromatic carbocycles. The van der Waals surface area contributed by atoms with Crippen molar-refractivity contribution in [3.8, 4) is 0 Å². The number of imidazole rings is 1. The lowest BCUT2D eigenvalue weighted by atomic mass is 10.1. The van der Waals surface area contributed by atoms with Gasteiger partial charge in [-0.3, -0.25) is 9.59 Å². The quantitative estimate of drug-likeness (QED) is 0.618.